The van der Waals surface area contributed by atoms with Crippen LogP contribution in [0.3, 0.4) is 0 Å². The largest absolute Gasteiger partial charge is 0.379 e. The Morgan fingerprint density at radius 3 is 3.10 bits per heavy atom. The van der Waals surface area contributed by atoms with E-state index in [1.165, 1.54) is 0 Å². The van der Waals surface area contributed by atoms with Gasteiger partial charge in [0.05, 0.1) is 19.9 Å². The summed E-state index contributed by atoms with van der Waals surface area (Å²) in [6.45, 7) is 4.17. The van der Waals surface area contributed by atoms with Crippen molar-refractivity contribution in [2.45, 2.75) is 0 Å². The molecule has 0 bridgehead atoms. The maximum atomic E-state index is 5.35. The molecule has 0 aromatic carbocycles. The van der Waals surface area contributed by atoms with Gasteiger partial charge in [0, 0.05) is 24.7 Å². The van der Waals surface area contributed by atoms with Crippen LogP contribution in [0.1, 0.15) is 0 Å². The number of nitrogens with one attached hydrogen (secondary N) is 1. The lowest BCUT2D eigenvalue weighted by Gasteiger charge is -2.26. The molecule has 3 aromatic rings. The van der Waals surface area contributed by atoms with Gasteiger partial charge in [0.1, 0.15) is 15.0 Å². The van der Waals surface area contributed by atoms with Gasteiger partial charge in [0.2, 0.25) is 0 Å². The van der Waals surface area contributed by atoms with Crippen LogP contribution < -0.4 is 5.32 Å². The molecule has 4 heterocycles. The Balaban J connectivity index is 1.65. The lowest BCUT2D eigenvalue weighted by molar-refractivity contribution is 0.0414. The Labute approximate surface area is 124 Å². The quantitative estimate of drug-likeness (QED) is 0.782. The van der Waals surface area contributed by atoms with Crippen molar-refractivity contribution in [2.75, 3.05) is 38.3 Å². The van der Waals surface area contributed by atoms with Gasteiger partial charge in [-0.15, -0.1) is 21.5 Å². The summed E-state index contributed by atoms with van der Waals surface area (Å²) in [6, 6.07) is 3.93. The number of aromatic nitrogens is 4. The van der Waals surface area contributed by atoms with Gasteiger partial charge < -0.3 is 10.1 Å². The van der Waals surface area contributed by atoms with E-state index in [2.05, 4.69) is 30.6 Å². The maximum absolute atomic E-state index is 5.35. The number of nitrogens with zero attached hydrogens (tertiary/aromatic N) is 5. The van der Waals surface area contributed by atoms with Crippen LogP contribution in [-0.2, 0) is 4.74 Å². The maximum Gasteiger partial charge on any atom is 0.171 e. The molecule has 0 atom stereocenters. The summed E-state index contributed by atoms with van der Waals surface area (Å²) < 4.78 is 6.35. The van der Waals surface area contributed by atoms with Crippen LogP contribution in [0, 0.1) is 0 Å². The van der Waals surface area contributed by atoms with Gasteiger partial charge in [0.15, 0.2) is 5.82 Å². The van der Waals surface area contributed by atoms with Crippen LogP contribution in [0.15, 0.2) is 18.3 Å². The first-order chi connectivity index (χ1) is 10.4. The predicted molar refractivity (Wildman–Crippen MR) is 81.4 cm³/mol. The second-order valence-electron chi connectivity index (χ2n) is 4.84. The van der Waals surface area contributed by atoms with Gasteiger partial charge in [-0.1, -0.05) is 0 Å². The van der Waals surface area contributed by atoms with Crippen molar-refractivity contribution in [1.29, 1.82) is 0 Å². The number of fused-ring (bicyclic) bond motifs is 3. The van der Waals surface area contributed by atoms with Crippen LogP contribution in [0.2, 0.25) is 0 Å². The minimum absolute atomic E-state index is 0.735. The van der Waals surface area contributed by atoms with Gasteiger partial charge in [-0.25, -0.2) is 4.98 Å². The number of rotatable bonds is 3. The third-order valence-electron chi connectivity index (χ3n) is 3.52. The van der Waals surface area contributed by atoms with E-state index in [1.807, 2.05) is 12.1 Å². The van der Waals surface area contributed by atoms with Crippen molar-refractivity contribution in [1.82, 2.24) is 25.3 Å². The zero-order valence-electron chi connectivity index (χ0n) is 11.3. The molecule has 0 aliphatic carbocycles. The molecule has 0 amide bonds. The highest BCUT2D eigenvalue weighted by Crippen LogP contribution is 2.33. The standard InChI is InChI=1S/C13H14N6OS/c1-2-9-10-11(21-13(9)14-3-1)12(17-18-16-10)15-8-19-4-6-20-7-5-19/h1-3H,4-8H2,(H,15,16,17). The fraction of sp³-hybridized carbons (Fsp3) is 0.385. The summed E-state index contributed by atoms with van der Waals surface area (Å²) in [5.41, 5.74) is 0.863. The van der Waals surface area contributed by atoms with Crippen LogP contribution >= 0.6 is 11.3 Å². The SMILES string of the molecule is c1cnc2sc3c(NCN4CCOCC4)nnnc3c2c1. The zero-order chi connectivity index (χ0) is 14.1. The minimum atomic E-state index is 0.735. The fourth-order valence-corrected chi connectivity index (χ4v) is 3.44. The first-order valence-corrected chi connectivity index (χ1v) is 7.64. The molecule has 8 heteroatoms. The lowest BCUT2D eigenvalue weighted by Crippen LogP contribution is -2.39. The molecule has 108 valence electrons. The van der Waals surface area contributed by atoms with Crippen molar-refractivity contribution < 1.29 is 4.74 Å². The van der Waals surface area contributed by atoms with Crippen molar-refractivity contribution in [3.05, 3.63) is 18.3 Å². The average Bonchev–Trinajstić information content (AvgIpc) is 2.93. The third-order valence-corrected chi connectivity index (χ3v) is 4.63. The summed E-state index contributed by atoms with van der Waals surface area (Å²) in [6.07, 6.45) is 1.79. The van der Waals surface area contributed by atoms with Gasteiger partial charge in [-0.05, 0) is 17.3 Å². The molecular formula is C13H14N6OS. The van der Waals surface area contributed by atoms with Crippen molar-refractivity contribution in [3.8, 4) is 0 Å². The topological polar surface area (TPSA) is 76.1 Å². The van der Waals surface area contributed by atoms with Crippen molar-refractivity contribution in [3.63, 3.8) is 0 Å². The van der Waals surface area contributed by atoms with Gasteiger partial charge >= 0.3 is 0 Å². The summed E-state index contributed by atoms with van der Waals surface area (Å²) in [4.78, 5) is 7.63. The second-order valence-corrected chi connectivity index (χ2v) is 5.84. The Kier molecular flexibility index (Phi) is 3.34. The highest BCUT2D eigenvalue weighted by Gasteiger charge is 2.14. The molecule has 1 fully saturated rings. The molecule has 1 saturated heterocycles. The summed E-state index contributed by atoms with van der Waals surface area (Å²) in [7, 11) is 0. The highest BCUT2D eigenvalue weighted by molar-refractivity contribution is 7.25. The number of ether oxygens (including phenoxy) is 1. The smallest absolute Gasteiger partial charge is 0.171 e. The van der Waals surface area contributed by atoms with E-state index >= 15 is 0 Å². The normalized spacial score (nSPS) is 16.6. The number of hydrogen-bond acceptors (Lipinski definition) is 8. The molecular weight excluding hydrogens is 288 g/mol. The fourth-order valence-electron chi connectivity index (χ4n) is 2.40. The van der Waals surface area contributed by atoms with Crippen LogP contribution in [0.5, 0.6) is 0 Å². The van der Waals surface area contributed by atoms with Crippen LogP contribution in [-0.4, -0.2) is 58.3 Å². The predicted octanol–water partition coefficient (Wildman–Crippen LogP) is 1.34. The monoisotopic (exact) mass is 302 g/mol. The Hall–Kier alpha value is -1.90. The number of thiophene rings is 1. The van der Waals surface area contributed by atoms with E-state index in [9.17, 15) is 0 Å². The van der Waals surface area contributed by atoms with Crippen LogP contribution in [0.4, 0.5) is 5.82 Å². The van der Waals surface area contributed by atoms with E-state index in [1.54, 1.807) is 17.5 Å². The number of pyridine rings is 1. The number of morpholine rings is 1. The average molecular weight is 302 g/mol. The van der Waals surface area contributed by atoms with Crippen molar-refractivity contribution in [2.24, 2.45) is 0 Å². The molecule has 0 saturated carbocycles. The highest BCUT2D eigenvalue weighted by atomic mass is 32.1. The molecule has 1 N–H and O–H groups in total. The van der Waals surface area contributed by atoms with Crippen molar-refractivity contribution >= 4 is 37.6 Å². The Morgan fingerprint density at radius 1 is 1.29 bits per heavy atom. The molecule has 0 radical (unpaired) electrons. The molecule has 4 rings (SSSR count). The molecule has 0 unspecified atom stereocenters. The third kappa shape index (κ3) is 2.41. The molecule has 0 spiro atoms. The summed E-state index contributed by atoms with van der Waals surface area (Å²) in [5, 5.41) is 16.6. The number of hydrogen-bond donors (Lipinski definition) is 1. The molecule has 7 nitrogen and oxygen atoms in total. The molecule has 1 aliphatic rings. The van der Waals surface area contributed by atoms with E-state index < -0.39 is 0 Å². The first-order valence-electron chi connectivity index (χ1n) is 6.82. The van der Waals surface area contributed by atoms with Gasteiger partial charge in [-0.2, -0.15) is 0 Å². The summed E-state index contributed by atoms with van der Waals surface area (Å²) >= 11 is 1.59. The van der Waals surface area contributed by atoms with E-state index in [-0.39, 0.29) is 0 Å². The van der Waals surface area contributed by atoms with E-state index in [0.29, 0.717) is 0 Å². The van der Waals surface area contributed by atoms with Crippen LogP contribution in [0.25, 0.3) is 20.4 Å². The molecule has 3 aromatic heterocycles. The summed E-state index contributed by atoms with van der Waals surface area (Å²) in [5.74, 6) is 0.773. The van der Waals surface area contributed by atoms with E-state index in [4.69, 9.17) is 4.74 Å². The second kappa shape index (κ2) is 5.47. The first kappa shape index (κ1) is 12.8. The minimum Gasteiger partial charge on any atom is -0.379 e. The zero-order valence-corrected chi connectivity index (χ0v) is 12.1. The number of anilines is 1. The molecule has 21 heavy (non-hydrogen) atoms. The van der Waals surface area contributed by atoms with Gasteiger partial charge in [-0.3, -0.25) is 4.90 Å². The lowest BCUT2D eigenvalue weighted by atomic mass is 10.3. The van der Waals surface area contributed by atoms with E-state index in [0.717, 1.165) is 59.2 Å². The Bertz CT molecular complexity index is 770. The molecule has 1 aliphatic heterocycles. The Morgan fingerprint density at radius 2 is 2.19 bits per heavy atom. The van der Waals surface area contributed by atoms with Gasteiger partial charge in [0.25, 0.3) is 0 Å².